The monoisotopic (exact) mass is 289 g/mol. The van der Waals surface area contributed by atoms with E-state index in [1.165, 1.54) is 0 Å². The third-order valence-corrected chi connectivity index (χ3v) is 3.30. The van der Waals surface area contributed by atoms with Crippen LogP contribution < -0.4 is 5.43 Å². The molecule has 1 atom stereocenters. The van der Waals surface area contributed by atoms with Crippen molar-refractivity contribution in [2.45, 2.75) is 18.9 Å². The molecule has 2 amide bonds. The van der Waals surface area contributed by atoms with E-state index in [0.717, 1.165) is 4.90 Å². The van der Waals surface area contributed by atoms with Gasteiger partial charge in [0.25, 0.3) is 11.8 Å². The molecule has 2 N–H and O–H groups in total. The van der Waals surface area contributed by atoms with E-state index < -0.39 is 12.0 Å². The zero-order chi connectivity index (χ0) is 15.4. The number of fused-ring (bicyclic) bond motifs is 1. The lowest BCUT2D eigenvalue weighted by atomic mass is 10.1. The molecule has 0 spiro atoms. The molecule has 2 rings (SSSR count). The molecule has 1 aromatic rings. The van der Waals surface area contributed by atoms with Crippen LogP contribution in [0.2, 0.25) is 0 Å². The molecule has 0 bridgehead atoms. The summed E-state index contributed by atoms with van der Waals surface area (Å²) in [6.07, 6.45) is 0.604. The second kappa shape index (κ2) is 6.17. The summed E-state index contributed by atoms with van der Waals surface area (Å²) in [7, 11) is 0. The Bertz CT molecular complexity index is 565. The topological polar surface area (TPSA) is 99.1 Å². The maximum atomic E-state index is 12.1. The Morgan fingerprint density at radius 2 is 1.86 bits per heavy atom. The maximum Gasteiger partial charge on any atom is 0.327 e. The Labute approximate surface area is 121 Å². The third-order valence-electron chi connectivity index (χ3n) is 3.30. The van der Waals surface area contributed by atoms with Gasteiger partial charge >= 0.3 is 5.97 Å². The molecule has 110 valence electrons. The second-order valence-corrected chi connectivity index (χ2v) is 4.63. The zero-order valence-electron chi connectivity index (χ0n) is 11.3. The van der Waals surface area contributed by atoms with Crippen LogP contribution in [-0.4, -0.2) is 47.1 Å². The molecule has 0 aliphatic carbocycles. The van der Waals surface area contributed by atoms with E-state index >= 15 is 0 Å². The van der Waals surface area contributed by atoms with Crippen LogP contribution in [0, 0.1) is 0 Å². The average Bonchev–Trinajstić information content (AvgIpc) is 2.71. The van der Waals surface area contributed by atoms with Gasteiger partial charge in [0.1, 0.15) is 6.04 Å². The van der Waals surface area contributed by atoms with Crippen molar-refractivity contribution in [2.24, 2.45) is 5.10 Å². The number of nitrogens with zero attached hydrogens (tertiary/aromatic N) is 2. The number of amides is 2. The van der Waals surface area contributed by atoms with Crippen LogP contribution in [0.15, 0.2) is 29.4 Å². The van der Waals surface area contributed by atoms with E-state index in [4.69, 9.17) is 5.11 Å². The Morgan fingerprint density at radius 1 is 1.29 bits per heavy atom. The molecule has 0 radical (unpaired) electrons. The Kier molecular flexibility index (Phi) is 4.32. The number of hydrogen-bond acceptors (Lipinski definition) is 5. The number of carbonyl (C=O) groups excluding carboxylic acids is 2. The van der Waals surface area contributed by atoms with Gasteiger partial charge in [-0.3, -0.25) is 19.9 Å². The van der Waals surface area contributed by atoms with E-state index in [0.29, 0.717) is 17.5 Å². The molecular formula is C14H15N3O4. The summed E-state index contributed by atoms with van der Waals surface area (Å²) in [5.74, 6) is -1.72. The van der Waals surface area contributed by atoms with Crippen LogP contribution >= 0.6 is 0 Å². The number of carboxylic acid groups (broad SMARTS) is 1. The fourth-order valence-corrected chi connectivity index (χ4v) is 2.25. The standard InChI is InChI=1S/C14H15N3O4/c1-15-16-11(14(20)21)7-4-8-17-12(18)9-5-2-3-6-10(9)13(17)19/h2-3,5-6,11,16H,1,4,7-8H2,(H,20,21). The normalized spacial score (nSPS) is 14.8. The predicted octanol–water partition coefficient (Wildman–Crippen LogP) is 0.721. The first-order valence-corrected chi connectivity index (χ1v) is 6.45. The molecule has 21 heavy (non-hydrogen) atoms. The number of carboxylic acids is 1. The number of carbonyl (C=O) groups is 3. The Hall–Kier alpha value is -2.70. The van der Waals surface area contributed by atoms with E-state index in [1.807, 2.05) is 0 Å². The molecule has 1 aliphatic rings. The van der Waals surface area contributed by atoms with Crippen molar-refractivity contribution in [1.29, 1.82) is 0 Å². The Morgan fingerprint density at radius 3 is 2.33 bits per heavy atom. The van der Waals surface area contributed by atoms with Crippen LogP contribution in [0.1, 0.15) is 33.6 Å². The van der Waals surface area contributed by atoms with Crippen LogP contribution in [0.4, 0.5) is 0 Å². The summed E-state index contributed by atoms with van der Waals surface area (Å²) in [6.45, 7) is 3.35. The minimum absolute atomic E-state index is 0.176. The van der Waals surface area contributed by atoms with Crippen molar-refractivity contribution in [1.82, 2.24) is 10.3 Å². The van der Waals surface area contributed by atoms with Crippen LogP contribution in [0.3, 0.4) is 0 Å². The van der Waals surface area contributed by atoms with Crippen molar-refractivity contribution < 1.29 is 19.5 Å². The minimum Gasteiger partial charge on any atom is -0.480 e. The quantitative estimate of drug-likeness (QED) is 0.438. The van der Waals surface area contributed by atoms with Gasteiger partial charge in [-0.25, -0.2) is 4.79 Å². The zero-order valence-corrected chi connectivity index (χ0v) is 11.3. The lowest BCUT2D eigenvalue weighted by molar-refractivity contribution is -0.139. The van der Waals surface area contributed by atoms with Gasteiger partial charge in [0.2, 0.25) is 0 Å². The SMILES string of the molecule is C=NNC(CCCN1C(=O)c2ccccc2C1=O)C(=O)O. The van der Waals surface area contributed by atoms with Crippen molar-refractivity contribution in [3.05, 3.63) is 35.4 Å². The number of benzene rings is 1. The summed E-state index contributed by atoms with van der Waals surface area (Å²) in [4.78, 5) is 36.2. The summed E-state index contributed by atoms with van der Waals surface area (Å²) >= 11 is 0. The molecule has 1 unspecified atom stereocenters. The summed E-state index contributed by atoms with van der Waals surface area (Å²) in [5, 5.41) is 12.3. The molecule has 0 saturated heterocycles. The van der Waals surface area contributed by atoms with Gasteiger partial charge in [0.15, 0.2) is 0 Å². The van der Waals surface area contributed by atoms with Gasteiger partial charge in [-0.15, -0.1) is 0 Å². The molecule has 1 aliphatic heterocycles. The van der Waals surface area contributed by atoms with Crippen LogP contribution in [-0.2, 0) is 4.79 Å². The lowest BCUT2D eigenvalue weighted by Crippen LogP contribution is -2.35. The number of aliphatic carboxylic acids is 1. The highest BCUT2D eigenvalue weighted by Gasteiger charge is 2.34. The molecule has 0 saturated carbocycles. The maximum absolute atomic E-state index is 12.1. The van der Waals surface area contributed by atoms with Gasteiger partial charge in [-0.2, -0.15) is 5.10 Å². The number of hydrogen-bond donors (Lipinski definition) is 2. The smallest absolute Gasteiger partial charge is 0.327 e. The van der Waals surface area contributed by atoms with Gasteiger partial charge in [0.05, 0.1) is 11.1 Å². The number of nitrogens with one attached hydrogen (secondary N) is 1. The highest BCUT2D eigenvalue weighted by Crippen LogP contribution is 2.22. The average molecular weight is 289 g/mol. The van der Waals surface area contributed by atoms with Gasteiger partial charge in [-0.1, -0.05) is 12.1 Å². The number of imide groups is 1. The Balaban J connectivity index is 1.96. The number of rotatable bonds is 7. The first-order chi connectivity index (χ1) is 10.1. The molecule has 7 nitrogen and oxygen atoms in total. The summed E-state index contributed by atoms with van der Waals surface area (Å²) in [6, 6.07) is 5.75. The van der Waals surface area contributed by atoms with Crippen molar-refractivity contribution >= 4 is 24.5 Å². The molecule has 1 heterocycles. The molecule has 0 aromatic heterocycles. The lowest BCUT2D eigenvalue weighted by Gasteiger charge is -2.16. The first-order valence-electron chi connectivity index (χ1n) is 6.45. The van der Waals surface area contributed by atoms with Crippen LogP contribution in [0.25, 0.3) is 0 Å². The highest BCUT2D eigenvalue weighted by atomic mass is 16.4. The van der Waals surface area contributed by atoms with Crippen molar-refractivity contribution in [3.8, 4) is 0 Å². The third kappa shape index (κ3) is 2.91. The van der Waals surface area contributed by atoms with E-state index in [1.54, 1.807) is 24.3 Å². The largest absolute Gasteiger partial charge is 0.480 e. The molecule has 7 heteroatoms. The summed E-state index contributed by atoms with van der Waals surface area (Å²) in [5.41, 5.74) is 3.16. The van der Waals surface area contributed by atoms with Crippen LogP contribution in [0.5, 0.6) is 0 Å². The summed E-state index contributed by atoms with van der Waals surface area (Å²) < 4.78 is 0. The highest BCUT2D eigenvalue weighted by molar-refractivity contribution is 6.21. The minimum atomic E-state index is -1.05. The van der Waals surface area contributed by atoms with E-state index in [-0.39, 0.29) is 24.8 Å². The fourth-order valence-electron chi connectivity index (χ4n) is 2.25. The predicted molar refractivity (Wildman–Crippen MR) is 75.2 cm³/mol. The van der Waals surface area contributed by atoms with E-state index in [9.17, 15) is 14.4 Å². The first kappa shape index (κ1) is 14.7. The van der Waals surface area contributed by atoms with Crippen molar-refractivity contribution in [3.63, 3.8) is 0 Å². The van der Waals surface area contributed by atoms with E-state index in [2.05, 4.69) is 17.2 Å². The van der Waals surface area contributed by atoms with Gasteiger partial charge in [-0.05, 0) is 25.0 Å². The van der Waals surface area contributed by atoms with Gasteiger partial charge in [0, 0.05) is 13.3 Å². The van der Waals surface area contributed by atoms with Crippen molar-refractivity contribution in [2.75, 3.05) is 6.54 Å². The van der Waals surface area contributed by atoms with Gasteiger partial charge < -0.3 is 5.11 Å². The molecular weight excluding hydrogens is 274 g/mol. The fraction of sp³-hybridized carbons (Fsp3) is 0.286. The molecule has 1 aromatic carbocycles. The molecule has 0 fully saturated rings. The number of hydrazone groups is 1. The second-order valence-electron chi connectivity index (χ2n) is 4.63.